The number of nitrogens with one attached hydrogen (secondary N) is 1. The van der Waals surface area contributed by atoms with Crippen molar-refractivity contribution in [3.8, 4) is 11.8 Å². The number of piperidine rings is 1. The fraction of sp³-hybridized carbons (Fsp3) is 0.432. The molecule has 8 rings (SSSR count). The summed E-state index contributed by atoms with van der Waals surface area (Å²) in [6.45, 7) is 8.57. The van der Waals surface area contributed by atoms with Gasteiger partial charge in [-0.1, -0.05) is 18.2 Å². The van der Waals surface area contributed by atoms with Crippen LogP contribution in [-0.4, -0.2) is 106 Å². The van der Waals surface area contributed by atoms with Gasteiger partial charge in [0, 0.05) is 61.9 Å². The van der Waals surface area contributed by atoms with Crippen molar-refractivity contribution in [3.05, 3.63) is 89.2 Å². The number of hydrogen-bond donors (Lipinski definition) is 1. The molecule has 1 N–H and O–H groups in total. The number of nitriles is 1. The standard InChI is InChI=1S/C37H39FN6O6S/c1-2-50-33-6-4-3-5-30(33)37(31-17-25(18-39)7-12-32(31)44(34(37)45)51(47,48)29-10-8-26(38)9-11-29)40-35(46)43-23-36(24-43)21-42(22-36)27-13-15-41(16-14-27)28-19-49-20-28/h3-12,17,27-28H,2,13-16,19-24H2,1H3,(H,40,46). The van der Waals surface area contributed by atoms with E-state index in [0.717, 1.165) is 76.5 Å². The Morgan fingerprint density at radius 1 is 0.980 bits per heavy atom. The maximum absolute atomic E-state index is 15.0. The van der Waals surface area contributed by atoms with Crippen molar-refractivity contribution in [1.29, 1.82) is 5.26 Å². The van der Waals surface area contributed by atoms with E-state index in [1.807, 2.05) is 0 Å². The lowest BCUT2D eigenvalue weighted by molar-refractivity contribution is -0.129. The number of likely N-dealkylation sites (tertiary alicyclic amines) is 3. The second-order valence-corrected chi connectivity index (χ2v) is 16.0. The Labute approximate surface area is 296 Å². The van der Waals surface area contributed by atoms with Crippen LogP contribution in [0.2, 0.25) is 0 Å². The van der Waals surface area contributed by atoms with Crippen molar-refractivity contribution in [2.45, 2.75) is 42.3 Å². The van der Waals surface area contributed by atoms with E-state index >= 15 is 0 Å². The van der Waals surface area contributed by atoms with Gasteiger partial charge in [0.15, 0.2) is 5.54 Å². The summed E-state index contributed by atoms with van der Waals surface area (Å²) >= 11 is 0. The third-order valence-corrected chi connectivity index (χ3v) is 12.8. The van der Waals surface area contributed by atoms with E-state index in [1.54, 1.807) is 36.1 Å². The first-order valence-corrected chi connectivity index (χ1v) is 18.8. The number of rotatable bonds is 8. The SMILES string of the molecule is CCOc1ccccc1C1(NC(=O)N2CC3(C2)CN(C2CCN(C4COC4)CC2)C3)C(=O)N(S(=O)(=O)c2ccc(F)cc2)c2ccc(C#N)cc21. The van der Waals surface area contributed by atoms with Crippen LogP contribution in [0.4, 0.5) is 14.9 Å². The first kappa shape index (κ1) is 33.6. The highest BCUT2D eigenvalue weighted by Crippen LogP contribution is 2.50. The molecule has 266 valence electrons. The zero-order chi connectivity index (χ0) is 35.5. The molecule has 5 aliphatic heterocycles. The molecule has 4 fully saturated rings. The third kappa shape index (κ3) is 5.45. The second kappa shape index (κ2) is 12.6. The number of anilines is 1. The predicted octanol–water partition coefficient (Wildman–Crippen LogP) is 3.27. The monoisotopic (exact) mass is 714 g/mol. The second-order valence-electron chi connectivity index (χ2n) is 14.2. The van der Waals surface area contributed by atoms with E-state index in [2.05, 4.69) is 21.2 Å². The number of ether oxygens (including phenoxy) is 2. The Bertz CT molecular complexity index is 2010. The molecular weight excluding hydrogens is 676 g/mol. The molecule has 3 amide bonds. The lowest BCUT2D eigenvalue weighted by Gasteiger charge is -2.62. The molecule has 0 aromatic heterocycles. The van der Waals surface area contributed by atoms with Crippen LogP contribution in [0, 0.1) is 22.6 Å². The number of benzene rings is 3. The van der Waals surface area contributed by atoms with E-state index in [1.165, 1.54) is 18.2 Å². The van der Waals surface area contributed by atoms with Gasteiger partial charge >= 0.3 is 6.03 Å². The number of fused-ring (bicyclic) bond motifs is 1. The normalized spacial score (nSPS) is 23.6. The minimum absolute atomic E-state index is 0.0273. The van der Waals surface area contributed by atoms with Crippen molar-refractivity contribution < 1.29 is 31.9 Å². The van der Waals surface area contributed by atoms with Crippen LogP contribution in [0.1, 0.15) is 36.5 Å². The molecule has 14 heteroatoms. The molecular formula is C37H39FN6O6S. The van der Waals surface area contributed by atoms with Gasteiger partial charge in [-0.2, -0.15) is 9.57 Å². The lowest BCUT2D eigenvalue weighted by Crippen LogP contribution is -2.76. The number of para-hydroxylation sites is 1. The van der Waals surface area contributed by atoms with Gasteiger partial charge in [0.05, 0.1) is 48.1 Å². The molecule has 0 saturated carbocycles. The van der Waals surface area contributed by atoms with Gasteiger partial charge in [0.1, 0.15) is 11.6 Å². The fourth-order valence-corrected chi connectivity index (χ4v) is 9.85. The van der Waals surface area contributed by atoms with E-state index in [0.29, 0.717) is 29.5 Å². The van der Waals surface area contributed by atoms with Crippen molar-refractivity contribution in [2.75, 3.05) is 63.4 Å². The average Bonchev–Trinajstić information content (AvgIpc) is 3.31. The topological polar surface area (TPSA) is 136 Å². The van der Waals surface area contributed by atoms with E-state index < -0.39 is 33.3 Å². The molecule has 1 unspecified atom stereocenters. The Hall–Kier alpha value is -4.55. The van der Waals surface area contributed by atoms with Gasteiger partial charge < -0.3 is 19.7 Å². The van der Waals surface area contributed by atoms with Crippen LogP contribution in [0.15, 0.2) is 71.6 Å². The van der Waals surface area contributed by atoms with Crippen molar-refractivity contribution >= 4 is 27.6 Å². The van der Waals surface area contributed by atoms with Crippen LogP contribution in [0.25, 0.3) is 0 Å². The highest BCUT2D eigenvalue weighted by Gasteiger charge is 2.60. The first-order valence-electron chi connectivity index (χ1n) is 17.3. The molecule has 1 spiro atoms. The van der Waals surface area contributed by atoms with Crippen molar-refractivity contribution in [2.24, 2.45) is 5.41 Å². The molecule has 12 nitrogen and oxygen atoms in total. The Morgan fingerprint density at radius 3 is 2.33 bits per heavy atom. The lowest BCUT2D eigenvalue weighted by atomic mass is 9.71. The Balaban J connectivity index is 1.09. The van der Waals surface area contributed by atoms with E-state index in [-0.39, 0.29) is 45.0 Å². The van der Waals surface area contributed by atoms with Crippen LogP contribution in [0.3, 0.4) is 0 Å². The summed E-state index contributed by atoms with van der Waals surface area (Å²) in [4.78, 5) is 35.6. The maximum Gasteiger partial charge on any atom is 0.318 e. The Kier molecular flexibility index (Phi) is 8.29. The zero-order valence-electron chi connectivity index (χ0n) is 28.3. The Morgan fingerprint density at radius 2 is 1.69 bits per heavy atom. The summed E-state index contributed by atoms with van der Waals surface area (Å²) in [5.41, 5.74) is -1.63. The van der Waals surface area contributed by atoms with Crippen LogP contribution < -0.4 is 14.4 Å². The summed E-state index contributed by atoms with van der Waals surface area (Å²) in [5.74, 6) is -1.34. The zero-order valence-corrected chi connectivity index (χ0v) is 29.1. The van der Waals surface area contributed by atoms with E-state index in [4.69, 9.17) is 9.47 Å². The van der Waals surface area contributed by atoms with Gasteiger partial charge in [-0.25, -0.2) is 17.6 Å². The first-order chi connectivity index (χ1) is 24.6. The summed E-state index contributed by atoms with van der Waals surface area (Å²) in [6.07, 6.45) is 2.23. The van der Waals surface area contributed by atoms with Crippen molar-refractivity contribution in [1.82, 2.24) is 20.0 Å². The smallest absolute Gasteiger partial charge is 0.318 e. The molecule has 5 heterocycles. The average molecular weight is 715 g/mol. The van der Waals surface area contributed by atoms with Crippen LogP contribution in [0.5, 0.6) is 5.75 Å². The number of sulfonamides is 1. The molecule has 4 saturated heterocycles. The van der Waals surface area contributed by atoms with Gasteiger partial charge in [-0.15, -0.1) is 0 Å². The largest absolute Gasteiger partial charge is 0.493 e. The molecule has 3 aromatic carbocycles. The number of hydrogen-bond acceptors (Lipinski definition) is 9. The highest BCUT2D eigenvalue weighted by molar-refractivity contribution is 7.93. The summed E-state index contributed by atoms with van der Waals surface area (Å²) in [7, 11) is -4.61. The minimum Gasteiger partial charge on any atom is -0.493 e. The summed E-state index contributed by atoms with van der Waals surface area (Å²) in [5, 5.41) is 12.9. The van der Waals surface area contributed by atoms with Crippen LogP contribution >= 0.6 is 0 Å². The van der Waals surface area contributed by atoms with Crippen molar-refractivity contribution in [3.63, 3.8) is 0 Å². The van der Waals surface area contributed by atoms with Gasteiger partial charge in [0.2, 0.25) is 0 Å². The number of amides is 3. The number of nitrogens with zero attached hydrogens (tertiary/aromatic N) is 5. The molecule has 0 aliphatic carbocycles. The fourth-order valence-electron chi connectivity index (χ4n) is 8.39. The quantitative estimate of drug-likeness (QED) is 0.373. The number of carbonyl (C=O) groups is 2. The van der Waals surface area contributed by atoms with Gasteiger partial charge in [-0.05, 0) is 68.3 Å². The molecule has 0 bridgehead atoms. The molecule has 3 aromatic rings. The third-order valence-electron chi connectivity index (χ3n) is 11.1. The maximum atomic E-state index is 15.0. The molecule has 0 radical (unpaired) electrons. The molecule has 1 atom stereocenters. The summed E-state index contributed by atoms with van der Waals surface area (Å²) < 4.78 is 54.2. The molecule has 5 aliphatic rings. The van der Waals surface area contributed by atoms with Gasteiger partial charge in [0.25, 0.3) is 15.9 Å². The highest BCUT2D eigenvalue weighted by atomic mass is 32.2. The number of carbonyl (C=O) groups excluding carboxylic acids is 2. The minimum atomic E-state index is -4.61. The summed E-state index contributed by atoms with van der Waals surface area (Å²) in [6, 6.07) is 17.7. The predicted molar refractivity (Wildman–Crippen MR) is 184 cm³/mol. The molecule has 51 heavy (non-hydrogen) atoms. The van der Waals surface area contributed by atoms with Crippen LogP contribution in [-0.2, 0) is 25.1 Å². The number of halogens is 1. The van der Waals surface area contributed by atoms with Gasteiger partial charge in [-0.3, -0.25) is 14.6 Å². The number of urea groups is 1. The van der Waals surface area contributed by atoms with E-state index in [9.17, 15) is 27.7 Å².